The number of ether oxygens (including phenoxy) is 2. The number of hydrogen-bond donors (Lipinski definition) is 4. The van der Waals surface area contributed by atoms with Crippen LogP contribution in [0.25, 0.3) is 21.5 Å². The van der Waals surface area contributed by atoms with E-state index < -0.39 is 63.4 Å². The van der Waals surface area contributed by atoms with Crippen molar-refractivity contribution in [2.24, 2.45) is 18.4 Å². The maximum atomic E-state index is 14.7. The number of aryl methyl sites for hydroxylation is 3. The Hall–Kier alpha value is -6.74. The molecule has 9 rings (SSSR count). The van der Waals surface area contributed by atoms with Crippen LogP contribution in [0.15, 0.2) is 83.2 Å². The Balaban J connectivity index is 0.857. The van der Waals surface area contributed by atoms with Crippen LogP contribution < -0.4 is 20.1 Å². The second kappa shape index (κ2) is 23.2. The highest BCUT2D eigenvalue weighted by atomic mass is 32.2. The summed E-state index contributed by atoms with van der Waals surface area (Å²) < 4.78 is 44.4. The van der Waals surface area contributed by atoms with Crippen LogP contribution in [0.3, 0.4) is 0 Å². The van der Waals surface area contributed by atoms with E-state index in [1.54, 1.807) is 35.2 Å². The van der Waals surface area contributed by atoms with Crippen molar-refractivity contribution in [3.63, 3.8) is 0 Å². The average molecular weight is 1120 g/mol. The van der Waals surface area contributed by atoms with Crippen LogP contribution in [0.4, 0.5) is 0 Å². The SMILES string of the molecule is COc1cc([C@@H](CC(=O)O)c2ccc(C)c(CN3C[C@@H](C)Oc4cc(C5CCCC(C(=O)N[C@@H](C(=O)N6C[C@@H](O)C[C@@H]6C(=O)N[C@H](C)c6ccc(-c7scnc7C)cc6)C(C)(C)C)CC5)ccc4S3(=O)=O)c2)cc2nnn(C)c12. The van der Waals surface area contributed by atoms with Gasteiger partial charge in [0.2, 0.25) is 27.7 Å². The first-order valence-corrected chi connectivity index (χ1v) is 29.4. The first-order valence-electron chi connectivity index (χ1n) is 27.1. The van der Waals surface area contributed by atoms with E-state index in [-0.39, 0.29) is 66.9 Å². The van der Waals surface area contributed by atoms with E-state index in [1.807, 2.05) is 115 Å². The lowest BCUT2D eigenvalue weighted by molar-refractivity contribution is -0.144. The average Bonchev–Trinajstić information content (AvgIpc) is 4.25. The molecule has 2 unspecified atom stereocenters. The molecule has 6 aromatic rings. The molecule has 18 nitrogen and oxygen atoms in total. The molecule has 2 aliphatic heterocycles. The molecule has 4 aromatic carbocycles. The van der Waals surface area contributed by atoms with Gasteiger partial charge in [0.25, 0.3) is 0 Å². The molecule has 1 saturated carbocycles. The molecule has 1 saturated heterocycles. The van der Waals surface area contributed by atoms with Gasteiger partial charge in [-0.05, 0) is 128 Å². The van der Waals surface area contributed by atoms with Crippen LogP contribution >= 0.6 is 11.3 Å². The minimum Gasteiger partial charge on any atom is -0.494 e. The monoisotopic (exact) mass is 1120 g/mol. The van der Waals surface area contributed by atoms with Gasteiger partial charge in [0.05, 0.1) is 48.3 Å². The number of aromatic nitrogens is 4. The lowest BCUT2D eigenvalue weighted by atomic mass is 9.84. The van der Waals surface area contributed by atoms with Gasteiger partial charge >= 0.3 is 5.97 Å². The molecule has 3 amide bonds. The Morgan fingerprint density at radius 2 is 1.66 bits per heavy atom. The van der Waals surface area contributed by atoms with Crippen molar-refractivity contribution >= 4 is 56.1 Å². The van der Waals surface area contributed by atoms with Crippen LogP contribution in [-0.4, -0.2) is 116 Å². The molecule has 2 fully saturated rings. The van der Waals surface area contributed by atoms with Gasteiger partial charge in [-0.3, -0.25) is 19.2 Å². The van der Waals surface area contributed by atoms with E-state index in [4.69, 9.17) is 9.47 Å². The van der Waals surface area contributed by atoms with Crippen molar-refractivity contribution in [3.8, 4) is 21.9 Å². The van der Waals surface area contributed by atoms with E-state index >= 15 is 0 Å². The van der Waals surface area contributed by atoms with Crippen LogP contribution in [0.1, 0.15) is 137 Å². The number of rotatable bonds is 15. The van der Waals surface area contributed by atoms with Gasteiger partial charge in [-0.1, -0.05) is 80.9 Å². The summed E-state index contributed by atoms with van der Waals surface area (Å²) in [6.07, 6.45) is 1.68. The fourth-order valence-corrected chi connectivity index (χ4v) is 14.0. The second-order valence-corrected chi connectivity index (χ2v) is 25.6. The third-order valence-corrected chi connectivity index (χ3v) is 18.9. The summed E-state index contributed by atoms with van der Waals surface area (Å²) in [6.45, 7) is 13.3. The molecule has 1 aliphatic carbocycles. The molecule has 4 heterocycles. The molecule has 0 radical (unpaired) electrons. The molecule has 0 bridgehead atoms. The molecule has 3 aliphatic rings. The molecule has 4 N–H and O–H groups in total. The number of thiazole rings is 1. The van der Waals surface area contributed by atoms with Gasteiger partial charge < -0.3 is 35.2 Å². The summed E-state index contributed by atoms with van der Waals surface area (Å²) in [5.41, 5.74) is 9.05. The number of sulfonamides is 1. The number of aliphatic hydroxyl groups is 1. The number of aliphatic carboxylic acids is 1. The molecular weight excluding hydrogens is 1040 g/mol. The largest absolute Gasteiger partial charge is 0.494 e. The predicted octanol–water partition coefficient (Wildman–Crippen LogP) is 8.33. The summed E-state index contributed by atoms with van der Waals surface area (Å²) in [5, 5.41) is 35.5. The Kier molecular flexibility index (Phi) is 16.7. The Bertz CT molecular complexity index is 3370. The van der Waals surface area contributed by atoms with Crippen molar-refractivity contribution in [2.45, 2.75) is 147 Å². The fraction of sp³-hybridized carbons (Fsp3) is 0.475. The number of carboxylic acid groups (broad SMARTS) is 1. The predicted molar refractivity (Wildman–Crippen MR) is 300 cm³/mol. The highest BCUT2D eigenvalue weighted by Crippen LogP contribution is 2.41. The second-order valence-electron chi connectivity index (χ2n) is 22.8. The Morgan fingerprint density at radius 3 is 2.35 bits per heavy atom. The van der Waals surface area contributed by atoms with Gasteiger partial charge in [-0.2, -0.15) is 4.31 Å². The summed E-state index contributed by atoms with van der Waals surface area (Å²) in [6, 6.07) is 20.2. The number of nitrogens with zero attached hydrogens (tertiary/aromatic N) is 6. The van der Waals surface area contributed by atoms with Crippen LogP contribution in [0.2, 0.25) is 0 Å². The molecular formula is C59H72N8O10S2. The van der Waals surface area contributed by atoms with Gasteiger partial charge in [-0.25, -0.2) is 18.1 Å². The summed E-state index contributed by atoms with van der Waals surface area (Å²) in [4.78, 5) is 62.0. The lowest BCUT2D eigenvalue weighted by Gasteiger charge is -2.36. The minimum absolute atomic E-state index is 0.0102. The number of likely N-dealkylation sites (tertiary alicyclic amines) is 1. The summed E-state index contributed by atoms with van der Waals surface area (Å²) in [7, 11) is -0.801. The Morgan fingerprint density at radius 1 is 0.911 bits per heavy atom. The van der Waals surface area contributed by atoms with E-state index in [0.717, 1.165) is 51.2 Å². The summed E-state index contributed by atoms with van der Waals surface area (Å²) in [5.74, 6) is -2.25. The topological polar surface area (TPSA) is 235 Å². The number of β-amino-alcohol motifs (C(OH)–C–C–N with tert-alkyl or cyclic N) is 1. The number of aliphatic hydroxyl groups excluding tert-OH is 1. The maximum Gasteiger partial charge on any atom is 0.304 e. The third-order valence-electron chi connectivity index (χ3n) is 16.0. The molecule has 420 valence electrons. The first kappa shape index (κ1) is 57.0. The van der Waals surface area contributed by atoms with Gasteiger partial charge in [0.15, 0.2) is 0 Å². The zero-order valence-electron chi connectivity index (χ0n) is 46.4. The van der Waals surface area contributed by atoms with Crippen molar-refractivity contribution < 1.29 is 47.3 Å². The zero-order valence-corrected chi connectivity index (χ0v) is 48.0. The first-order chi connectivity index (χ1) is 37.5. The zero-order chi connectivity index (χ0) is 56.7. The Labute approximate surface area is 465 Å². The number of methoxy groups -OCH3 is 1. The van der Waals surface area contributed by atoms with Crippen molar-refractivity contribution in [1.29, 1.82) is 0 Å². The molecule has 2 aromatic heterocycles. The number of amides is 3. The number of benzene rings is 4. The van der Waals surface area contributed by atoms with E-state index in [1.165, 1.54) is 16.3 Å². The lowest BCUT2D eigenvalue weighted by Crippen LogP contribution is -2.58. The quantitative estimate of drug-likeness (QED) is 0.0709. The third kappa shape index (κ3) is 12.2. The highest BCUT2D eigenvalue weighted by molar-refractivity contribution is 7.89. The molecule has 20 heteroatoms. The molecule has 79 heavy (non-hydrogen) atoms. The van der Waals surface area contributed by atoms with Gasteiger partial charge in [0, 0.05) is 38.4 Å². The van der Waals surface area contributed by atoms with Crippen molar-refractivity contribution in [1.82, 2.24) is 39.8 Å². The minimum atomic E-state index is -4.09. The van der Waals surface area contributed by atoms with Gasteiger partial charge in [0.1, 0.15) is 45.6 Å². The van der Waals surface area contributed by atoms with Crippen LogP contribution in [-0.2, 0) is 42.8 Å². The number of hydrogen-bond acceptors (Lipinski definition) is 13. The maximum absolute atomic E-state index is 14.7. The van der Waals surface area contributed by atoms with Gasteiger partial charge in [-0.15, -0.1) is 16.4 Å². The standard InChI is InChI=1S/C59H72N8O10S2/c1-33-13-14-42(46(28-52(69)70)43-24-47-53(50(26-43)76-9)65(8)64-63-47)23-44(33)30-66-29-34(2)77-49-25-41(21-22-51(49)79(66,74)75)38-11-10-12-40(20-17-38)56(71)62-55(59(5,6)7)58(73)67-31-45(68)27-48(67)57(72)61-35(3)37-15-18-39(19-16-37)54-36(4)60-32-78-54/h13-16,18-19,21-26,32,34-35,38,40,45-46,48,55,68H,10-12,17,20,27-31H2,1-9H3,(H,61,72)(H,62,71)(H,69,70)/t34-,35-,38?,40?,45+,46+,48-,55+/m1/s1. The van der Waals surface area contributed by atoms with Crippen molar-refractivity contribution in [3.05, 3.63) is 117 Å². The summed E-state index contributed by atoms with van der Waals surface area (Å²) >= 11 is 1.57. The van der Waals surface area contributed by atoms with E-state index in [9.17, 15) is 37.8 Å². The molecule has 8 atom stereocenters. The van der Waals surface area contributed by atoms with Crippen molar-refractivity contribution in [2.75, 3.05) is 20.2 Å². The fourth-order valence-electron chi connectivity index (χ4n) is 11.6. The number of fused-ring (bicyclic) bond motifs is 2. The number of carbonyl (C=O) groups excluding carboxylic acids is 3. The molecule has 0 spiro atoms. The van der Waals surface area contributed by atoms with E-state index in [0.29, 0.717) is 47.2 Å². The number of nitrogens with one attached hydrogen (secondary N) is 2. The van der Waals surface area contributed by atoms with E-state index in [2.05, 4.69) is 25.9 Å². The van der Waals surface area contributed by atoms with Crippen LogP contribution in [0.5, 0.6) is 11.5 Å². The normalized spacial score (nSPS) is 21.7. The highest BCUT2D eigenvalue weighted by Gasteiger charge is 2.45. The number of carbonyl (C=O) groups is 4. The number of carboxylic acids is 1. The smallest absolute Gasteiger partial charge is 0.304 e. The van der Waals surface area contributed by atoms with Crippen LogP contribution in [0, 0.1) is 25.2 Å².